The Hall–Kier alpha value is -0.120. The summed E-state index contributed by atoms with van der Waals surface area (Å²) in [6.45, 7) is 11.5. The minimum absolute atomic E-state index is 0.0707. The third-order valence-corrected chi connectivity index (χ3v) is 2.84. The molecule has 1 unspecified atom stereocenters. The Morgan fingerprint density at radius 3 is 2.33 bits per heavy atom. The molecule has 0 aromatic heterocycles. The van der Waals surface area contributed by atoms with Crippen LogP contribution in [-0.2, 0) is 4.74 Å². The number of nitrogens with zero attached hydrogens (tertiary/aromatic N) is 1. The van der Waals surface area contributed by atoms with Crippen molar-refractivity contribution in [2.24, 2.45) is 5.73 Å². The molecule has 1 atom stereocenters. The summed E-state index contributed by atoms with van der Waals surface area (Å²) < 4.78 is 5.13. The fraction of sp³-hybridized carbons (Fsp3) is 1.00. The molecule has 0 saturated carbocycles. The maximum atomic E-state index is 6.00. The number of hydrogen-bond donors (Lipinski definition) is 1. The minimum Gasteiger partial charge on any atom is -0.383 e. The SMILES string of the molecule is CCC(C)N(CCOC)CCC(C)(C)N. The van der Waals surface area contributed by atoms with Crippen LogP contribution in [-0.4, -0.2) is 43.3 Å². The van der Waals surface area contributed by atoms with Crippen LogP contribution in [0.2, 0.25) is 0 Å². The summed E-state index contributed by atoms with van der Waals surface area (Å²) in [5.74, 6) is 0. The number of methoxy groups -OCH3 is 1. The monoisotopic (exact) mass is 216 g/mol. The zero-order valence-corrected chi connectivity index (χ0v) is 11.0. The highest BCUT2D eigenvalue weighted by Crippen LogP contribution is 2.09. The summed E-state index contributed by atoms with van der Waals surface area (Å²) in [5.41, 5.74) is 5.93. The lowest BCUT2D eigenvalue weighted by atomic mass is 10.0. The zero-order valence-electron chi connectivity index (χ0n) is 11.0. The van der Waals surface area contributed by atoms with Crippen molar-refractivity contribution in [3.05, 3.63) is 0 Å². The molecular weight excluding hydrogens is 188 g/mol. The van der Waals surface area contributed by atoms with Crippen LogP contribution >= 0.6 is 0 Å². The van der Waals surface area contributed by atoms with Gasteiger partial charge in [0.15, 0.2) is 0 Å². The van der Waals surface area contributed by atoms with Gasteiger partial charge in [0.25, 0.3) is 0 Å². The molecule has 0 amide bonds. The lowest BCUT2D eigenvalue weighted by Crippen LogP contribution is -2.41. The first-order valence-corrected chi connectivity index (χ1v) is 5.92. The molecule has 15 heavy (non-hydrogen) atoms. The Labute approximate surface area is 95.0 Å². The lowest BCUT2D eigenvalue weighted by Gasteiger charge is -2.31. The summed E-state index contributed by atoms with van der Waals surface area (Å²) in [5, 5.41) is 0. The average Bonchev–Trinajstić information content (AvgIpc) is 2.15. The first-order valence-electron chi connectivity index (χ1n) is 5.92. The predicted octanol–water partition coefficient (Wildman–Crippen LogP) is 1.86. The van der Waals surface area contributed by atoms with Gasteiger partial charge in [-0.25, -0.2) is 0 Å². The van der Waals surface area contributed by atoms with Crippen molar-refractivity contribution in [2.75, 3.05) is 26.8 Å². The van der Waals surface area contributed by atoms with Gasteiger partial charge < -0.3 is 10.5 Å². The van der Waals surface area contributed by atoms with Gasteiger partial charge in [0, 0.05) is 31.8 Å². The summed E-state index contributed by atoms with van der Waals surface area (Å²) >= 11 is 0. The average molecular weight is 216 g/mol. The molecule has 0 spiro atoms. The van der Waals surface area contributed by atoms with Crippen LogP contribution in [0.5, 0.6) is 0 Å². The largest absolute Gasteiger partial charge is 0.383 e. The molecule has 0 radical (unpaired) electrons. The Kier molecular flexibility index (Phi) is 7.14. The maximum absolute atomic E-state index is 6.00. The summed E-state index contributed by atoms with van der Waals surface area (Å²) in [6, 6.07) is 0.613. The molecule has 0 bridgehead atoms. The number of rotatable bonds is 8. The van der Waals surface area contributed by atoms with Gasteiger partial charge in [0.1, 0.15) is 0 Å². The Balaban J connectivity index is 4.01. The van der Waals surface area contributed by atoms with Gasteiger partial charge in [-0.2, -0.15) is 0 Å². The molecule has 0 aromatic carbocycles. The van der Waals surface area contributed by atoms with Gasteiger partial charge in [-0.3, -0.25) is 4.90 Å². The van der Waals surface area contributed by atoms with E-state index in [1.165, 1.54) is 6.42 Å². The summed E-state index contributed by atoms with van der Waals surface area (Å²) in [4.78, 5) is 2.46. The van der Waals surface area contributed by atoms with Crippen molar-refractivity contribution in [2.45, 2.75) is 52.1 Å². The number of ether oxygens (including phenoxy) is 1. The molecule has 0 aliphatic carbocycles. The van der Waals surface area contributed by atoms with Gasteiger partial charge >= 0.3 is 0 Å². The van der Waals surface area contributed by atoms with E-state index in [2.05, 4.69) is 32.6 Å². The molecular formula is C12H28N2O. The molecule has 3 heteroatoms. The molecule has 0 heterocycles. The van der Waals surface area contributed by atoms with Crippen molar-refractivity contribution in [1.29, 1.82) is 0 Å². The third kappa shape index (κ3) is 7.77. The van der Waals surface area contributed by atoms with E-state index in [4.69, 9.17) is 10.5 Å². The standard InChI is InChI=1S/C12H28N2O/c1-6-11(2)14(9-10-15-5)8-7-12(3,4)13/h11H,6-10,13H2,1-5H3. The van der Waals surface area contributed by atoms with Crippen molar-refractivity contribution in [1.82, 2.24) is 4.90 Å². The van der Waals surface area contributed by atoms with E-state index in [-0.39, 0.29) is 5.54 Å². The molecule has 92 valence electrons. The second kappa shape index (κ2) is 7.20. The number of nitrogens with two attached hydrogens (primary N) is 1. The highest BCUT2D eigenvalue weighted by atomic mass is 16.5. The van der Waals surface area contributed by atoms with Crippen LogP contribution in [0.15, 0.2) is 0 Å². The molecule has 0 aromatic rings. The molecule has 0 saturated heterocycles. The number of hydrogen-bond acceptors (Lipinski definition) is 3. The van der Waals surface area contributed by atoms with E-state index in [0.717, 1.165) is 26.1 Å². The third-order valence-electron chi connectivity index (χ3n) is 2.84. The van der Waals surface area contributed by atoms with Crippen LogP contribution < -0.4 is 5.73 Å². The van der Waals surface area contributed by atoms with Crippen LogP contribution in [0, 0.1) is 0 Å². The van der Waals surface area contributed by atoms with E-state index in [1.54, 1.807) is 7.11 Å². The second-order valence-corrected chi connectivity index (χ2v) is 5.02. The molecule has 0 fully saturated rings. The van der Waals surface area contributed by atoms with Crippen LogP contribution in [0.4, 0.5) is 0 Å². The summed E-state index contributed by atoms with van der Waals surface area (Å²) in [6.07, 6.45) is 2.20. The quantitative estimate of drug-likeness (QED) is 0.673. The van der Waals surface area contributed by atoms with Crippen LogP contribution in [0.1, 0.15) is 40.5 Å². The van der Waals surface area contributed by atoms with E-state index >= 15 is 0 Å². The van der Waals surface area contributed by atoms with E-state index in [1.807, 2.05) is 0 Å². The van der Waals surface area contributed by atoms with Gasteiger partial charge in [-0.05, 0) is 33.6 Å². The van der Waals surface area contributed by atoms with Gasteiger partial charge in [0.2, 0.25) is 0 Å². The smallest absolute Gasteiger partial charge is 0.0589 e. The molecule has 0 rings (SSSR count). The van der Waals surface area contributed by atoms with E-state index in [9.17, 15) is 0 Å². The maximum Gasteiger partial charge on any atom is 0.0589 e. The van der Waals surface area contributed by atoms with Gasteiger partial charge in [0.05, 0.1) is 6.61 Å². The van der Waals surface area contributed by atoms with Crippen LogP contribution in [0.3, 0.4) is 0 Å². The van der Waals surface area contributed by atoms with Gasteiger partial charge in [-0.1, -0.05) is 6.92 Å². The predicted molar refractivity (Wildman–Crippen MR) is 66.1 cm³/mol. The highest BCUT2D eigenvalue weighted by Gasteiger charge is 2.16. The molecule has 0 aliphatic heterocycles. The summed E-state index contributed by atoms with van der Waals surface area (Å²) in [7, 11) is 1.75. The van der Waals surface area contributed by atoms with Crippen molar-refractivity contribution in [3.8, 4) is 0 Å². The highest BCUT2D eigenvalue weighted by molar-refractivity contribution is 4.75. The topological polar surface area (TPSA) is 38.5 Å². The molecule has 0 aliphatic rings. The normalized spacial score (nSPS) is 14.6. The minimum atomic E-state index is -0.0707. The van der Waals surface area contributed by atoms with Gasteiger partial charge in [-0.15, -0.1) is 0 Å². The Bertz CT molecular complexity index is 154. The zero-order chi connectivity index (χ0) is 11.9. The fourth-order valence-corrected chi connectivity index (χ4v) is 1.45. The first-order chi connectivity index (χ1) is 6.90. The van der Waals surface area contributed by atoms with Crippen molar-refractivity contribution >= 4 is 0 Å². The molecule has 3 nitrogen and oxygen atoms in total. The molecule has 2 N–H and O–H groups in total. The van der Waals surface area contributed by atoms with E-state index < -0.39 is 0 Å². The fourth-order valence-electron chi connectivity index (χ4n) is 1.45. The lowest BCUT2D eigenvalue weighted by molar-refractivity contribution is 0.117. The second-order valence-electron chi connectivity index (χ2n) is 5.02. The van der Waals surface area contributed by atoms with Crippen LogP contribution in [0.25, 0.3) is 0 Å². The Morgan fingerprint density at radius 2 is 1.93 bits per heavy atom. The van der Waals surface area contributed by atoms with Crippen molar-refractivity contribution in [3.63, 3.8) is 0 Å². The van der Waals surface area contributed by atoms with E-state index in [0.29, 0.717) is 6.04 Å². The Morgan fingerprint density at radius 1 is 1.33 bits per heavy atom. The van der Waals surface area contributed by atoms with Crippen molar-refractivity contribution < 1.29 is 4.74 Å². The first kappa shape index (κ1) is 14.9.